The van der Waals surface area contributed by atoms with Crippen LogP contribution in [0.5, 0.6) is 0 Å². The van der Waals surface area contributed by atoms with Gasteiger partial charge < -0.3 is 5.11 Å². The Hall–Kier alpha value is -2.75. The van der Waals surface area contributed by atoms with E-state index in [0.29, 0.717) is 5.57 Å². The van der Waals surface area contributed by atoms with Crippen LogP contribution in [0.3, 0.4) is 0 Å². The van der Waals surface area contributed by atoms with Crippen LogP contribution in [-0.2, 0) is 7.05 Å². The van der Waals surface area contributed by atoms with Crippen molar-refractivity contribution in [1.29, 1.82) is 0 Å². The summed E-state index contributed by atoms with van der Waals surface area (Å²) < 4.78 is 15.0. The van der Waals surface area contributed by atoms with Crippen molar-refractivity contribution in [3.8, 4) is 0 Å². The van der Waals surface area contributed by atoms with Crippen molar-refractivity contribution in [2.45, 2.75) is 13.8 Å². The molecule has 23 heavy (non-hydrogen) atoms. The molecule has 4 heteroatoms. The van der Waals surface area contributed by atoms with Crippen LogP contribution in [0.4, 0.5) is 4.39 Å². The van der Waals surface area contributed by atoms with Gasteiger partial charge in [0.2, 0.25) is 11.2 Å². The SMILES string of the molecule is C=C(F)C=C(C)c1c(=C)c(=CC)c2ccc(C(=O)O)cc2[n+]1C. The maximum atomic E-state index is 13.2. The molecule has 0 bridgehead atoms. The van der Waals surface area contributed by atoms with Crippen LogP contribution in [-0.4, -0.2) is 11.1 Å². The van der Waals surface area contributed by atoms with Gasteiger partial charge in [-0.05, 0) is 37.3 Å². The number of aryl methyl sites for hydroxylation is 1. The van der Waals surface area contributed by atoms with E-state index in [4.69, 9.17) is 0 Å². The largest absolute Gasteiger partial charge is 0.478 e. The molecule has 0 radical (unpaired) electrons. The van der Waals surface area contributed by atoms with Crippen molar-refractivity contribution in [3.63, 3.8) is 0 Å². The molecule has 0 spiro atoms. The molecule has 2 aromatic rings. The average molecular weight is 312 g/mol. The van der Waals surface area contributed by atoms with E-state index in [1.165, 1.54) is 6.08 Å². The van der Waals surface area contributed by atoms with E-state index < -0.39 is 11.8 Å². The molecule has 0 atom stereocenters. The van der Waals surface area contributed by atoms with Crippen LogP contribution in [0, 0.1) is 0 Å². The summed E-state index contributed by atoms with van der Waals surface area (Å²) in [6.07, 6.45) is 3.27. The molecule has 0 aliphatic rings. The van der Waals surface area contributed by atoms with Gasteiger partial charge in [-0.25, -0.2) is 9.18 Å². The molecule has 118 valence electrons. The van der Waals surface area contributed by atoms with Crippen molar-refractivity contribution in [2.75, 3.05) is 0 Å². The van der Waals surface area contributed by atoms with Gasteiger partial charge in [0.1, 0.15) is 12.9 Å². The highest BCUT2D eigenvalue weighted by Gasteiger charge is 2.19. The van der Waals surface area contributed by atoms with E-state index in [-0.39, 0.29) is 5.56 Å². The Morgan fingerprint density at radius 2 is 2.04 bits per heavy atom. The molecule has 1 aromatic carbocycles. The second-order valence-electron chi connectivity index (χ2n) is 5.40. The number of halogens is 1. The normalized spacial score (nSPS) is 12.7. The van der Waals surface area contributed by atoms with Gasteiger partial charge in [0.25, 0.3) is 0 Å². The molecule has 0 saturated carbocycles. The number of carbonyl (C=O) groups is 1. The molecule has 2 rings (SSSR count). The number of allylic oxidation sites excluding steroid dienone is 3. The highest BCUT2D eigenvalue weighted by Crippen LogP contribution is 2.13. The summed E-state index contributed by atoms with van der Waals surface area (Å²) in [5, 5.41) is 11.8. The van der Waals surface area contributed by atoms with Gasteiger partial charge in [-0.15, -0.1) is 0 Å². The molecule has 0 aliphatic carbocycles. The van der Waals surface area contributed by atoms with Gasteiger partial charge in [-0.2, -0.15) is 4.57 Å². The zero-order valence-electron chi connectivity index (χ0n) is 13.5. The lowest BCUT2D eigenvalue weighted by molar-refractivity contribution is -0.648. The molecular formula is C19H19FNO2+. The summed E-state index contributed by atoms with van der Waals surface area (Å²) in [6, 6.07) is 4.97. The number of rotatable bonds is 3. The van der Waals surface area contributed by atoms with Crippen LogP contribution in [0.2, 0.25) is 0 Å². The third kappa shape index (κ3) is 2.93. The fourth-order valence-corrected chi connectivity index (χ4v) is 2.92. The average Bonchev–Trinajstić information content (AvgIpc) is 2.46. The molecule has 1 aromatic heterocycles. The van der Waals surface area contributed by atoms with Crippen LogP contribution < -0.4 is 15.0 Å². The Balaban J connectivity index is 3.03. The number of pyridine rings is 1. The first-order valence-corrected chi connectivity index (χ1v) is 7.15. The Morgan fingerprint density at radius 3 is 2.57 bits per heavy atom. The first kappa shape index (κ1) is 16.6. The van der Waals surface area contributed by atoms with E-state index in [1.54, 1.807) is 25.1 Å². The van der Waals surface area contributed by atoms with Crippen molar-refractivity contribution in [1.82, 2.24) is 0 Å². The van der Waals surface area contributed by atoms with Gasteiger partial charge in [-0.3, -0.25) is 0 Å². The molecule has 3 nitrogen and oxygen atoms in total. The van der Waals surface area contributed by atoms with E-state index in [9.17, 15) is 14.3 Å². The van der Waals surface area contributed by atoms with E-state index in [2.05, 4.69) is 13.2 Å². The molecule has 0 saturated heterocycles. The van der Waals surface area contributed by atoms with Gasteiger partial charge in [-0.1, -0.05) is 19.2 Å². The third-order valence-corrected chi connectivity index (χ3v) is 3.88. The van der Waals surface area contributed by atoms with Crippen LogP contribution in [0.15, 0.2) is 36.7 Å². The topological polar surface area (TPSA) is 41.2 Å². The number of aromatic carboxylic acids is 1. The van der Waals surface area contributed by atoms with Gasteiger partial charge in [0.15, 0.2) is 0 Å². The van der Waals surface area contributed by atoms with Gasteiger partial charge in [0.05, 0.1) is 10.9 Å². The number of aromatic nitrogens is 1. The summed E-state index contributed by atoms with van der Waals surface area (Å²) >= 11 is 0. The summed E-state index contributed by atoms with van der Waals surface area (Å²) in [4.78, 5) is 11.2. The molecule has 1 N–H and O–H groups in total. The maximum absolute atomic E-state index is 13.2. The van der Waals surface area contributed by atoms with Crippen LogP contribution in [0.25, 0.3) is 29.1 Å². The highest BCUT2D eigenvalue weighted by molar-refractivity contribution is 5.92. The molecule has 0 aliphatic heterocycles. The van der Waals surface area contributed by atoms with Crippen molar-refractivity contribution < 1.29 is 18.9 Å². The minimum absolute atomic E-state index is 0.203. The van der Waals surface area contributed by atoms with Crippen molar-refractivity contribution in [3.05, 3.63) is 58.4 Å². The highest BCUT2D eigenvalue weighted by atomic mass is 19.1. The lowest BCUT2D eigenvalue weighted by Gasteiger charge is -2.07. The number of hydrogen-bond donors (Lipinski definition) is 1. The number of nitrogens with zero attached hydrogens (tertiary/aromatic N) is 1. The smallest absolute Gasteiger partial charge is 0.335 e. The number of carboxylic acids is 1. The first-order chi connectivity index (χ1) is 10.8. The fourth-order valence-electron chi connectivity index (χ4n) is 2.92. The second-order valence-corrected chi connectivity index (χ2v) is 5.40. The van der Waals surface area contributed by atoms with Gasteiger partial charge >= 0.3 is 5.97 Å². The lowest BCUT2D eigenvalue weighted by Crippen LogP contribution is -2.46. The van der Waals surface area contributed by atoms with E-state index >= 15 is 0 Å². The molecule has 0 amide bonds. The van der Waals surface area contributed by atoms with Crippen LogP contribution >= 0.6 is 0 Å². The monoisotopic (exact) mass is 312 g/mol. The molecule has 1 heterocycles. The lowest BCUT2D eigenvalue weighted by atomic mass is 10.0. The van der Waals surface area contributed by atoms with Gasteiger partial charge in [0, 0.05) is 16.9 Å². The molecular weight excluding hydrogens is 293 g/mol. The minimum atomic E-state index is -0.987. The Bertz CT molecular complexity index is 971. The summed E-state index contributed by atoms with van der Waals surface area (Å²) in [5.41, 5.74) is 2.37. The summed E-state index contributed by atoms with van der Waals surface area (Å²) in [5.74, 6) is -1.53. The van der Waals surface area contributed by atoms with Crippen LogP contribution in [0.1, 0.15) is 29.9 Å². The Kier molecular flexibility index (Phi) is 4.45. The number of fused-ring (bicyclic) bond motifs is 1. The fraction of sp³-hybridized carbons (Fsp3) is 0.158. The first-order valence-electron chi connectivity index (χ1n) is 7.15. The molecule has 0 unspecified atom stereocenters. The van der Waals surface area contributed by atoms with E-state index in [0.717, 1.165) is 27.0 Å². The molecule has 0 fully saturated rings. The maximum Gasteiger partial charge on any atom is 0.335 e. The van der Waals surface area contributed by atoms with Crippen molar-refractivity contribution >= 4 is 35.1 Å². The minimum Gasteiger partial charge on any atom is -0.478 e. The number of hydrogen-bond acceptors (Lipinski definition) is 1. The summed E-state index contributed by atoms with van der Waals surface area (Å²) in [6.45, 7) is 11.1. The number of carboxylic acid groups (broad SMARTS) is 1. The summed E-state index contributed by atoms with van der Waals surface area (Å²) in [7, 11) is 1.82. The predicted octanol–water partition coefficient (Wildman–Crippen LogP) is 2.46. The van der Waals surface area contributed by atoms with E-state index in [1.807, 2.05) is 24.6 Å². The van der Waals surface area contributed by atoms with Crippen molar-refractivity contribution in [2.24, 2.45) is 7.05 Å². The number of benzene rings is 1. The standard InChI is InChI=1S/C19H18FNO2/c1-6-15-13(4)18(11(2)9-12(3)20)21(5)17-10-14(19(22)23)7-8-16(15)17/h6-10H,3-4H2,1-2,5H3/p+1. The zero-order valence-corrected chi connectivity index (χ0v) is 13.5. The quantitative estimate of drug-likeness (QED) is 0.699. The predicted molar refractivity (Wildman–Crippen MR) is 90.9 cm³/mol. The Labute approximate surface area is 134 Å². The second kappa shape index (κ2) is 6.16. The Morgan fingerprint density at radius 1 is 1.39 bits per heavy atom. The third-order valence-electron chi connectivity index (χ3n) is 3.88. The zero-order chi connectivity index (χ0) is 17.3.